The summed E-state index contributed by atoms with van der Waals surface area (Å²) in [6.45, 7) is 5.99. The standard InChI is InChI=1S/C23H28N4O2S/c1-4-6-8-12-18(13-9-7-5-2)17(3)11-10-14-20(28)25-21-15-19(16-30-21)22-23(24)27-29-26-22/h4,6,9,13,15-16H,8,10-12,14H2,1-3H3,(H2,24,27)(H,25,28)/b6-4-,13-9-,18-17-. The van der Waals surface area contributed by atoms with Crippen molar-refractivity contribution in [3.63, 3.8) is 0 Å². The molecular formula is C23H28N4O2S. The van der Waals surface area contributed by atoms with E-state index in [2.05, 4.69) is 57.3 Å². The van der Waals surface area contributed by atoms with Crippen LogP contribution in [0, 0.1) is 11.8 Å². The van der Waals surface area contributed by atoms with Crippen LogP contribution in [0.5, 0.6) is 0 Å². The highest BCUT2D eigenvalue weighted by Gasteiger charge is 2.12. The van der Waals surface area contributed by atoms with Gasteiger partial charge in [0.05, 0.1) is 5.00 Å². The number of nitrogens with zero attached hydrogens (tertiary/aromatic N) is 2. The number of thiophene rings is 1. The SMILES string of the molecule is CC#C/C=C\C(CC/C=C\C)=C(\C)CCCC(=O)Nc1cc(-c2nonc2N)cs1. The van der Waals surface area contributed by atoms with Crippen molar-refractivity contribution in [3.8, 4) is 23.1 Å². The first-order valence-corrected chi connectivity index (χ1v) is 10.8. The quantitative estimate of drug-likeness (QED) is 0.288. The first kappa shape index (κ1) is 23.2. The zero-order chi connectivity index (χ0) is 21.8. The van der Waals surface area contributed by atoms with Crippen LogP contribution in [0.4, 0.5) is 10.8 Å². The first-order valence-electron chi connectivity index (χ1n) is 9.90. The molecule has 2 aromatic heterocycles. The Bertz CT molecular complexity index is 986. The molecule has 6 nitrogen and oxygen atoms in total. The average molecular weight is 425 g/mol. The summed E-state index contributed by atoms with van der Waals surface area (Å²) in [7, 11) is 0. The van der Waals surface area contributed by atoms with Gasteiger partial charge in [-0.25, -0.2) is 4.63 Å². The molecule has 30 heavy (non-hydrogen) atoms. The van der Waals surface area contributed by atoms with Crippen molar-refractivity contribution in [3.05, 3.63) is 46.9 Å². The molecule has 0 radical (unpaired) electrons. The minimum absolute atomic E-state index is 0.00897. The van der Waals surface area contributed by atoms with Gasteiger partial charge in [-0.3, -0.25) is 4.79 Å². The third-order valence-corrected chi connectivity index (χ3v) is 5.33. The molecule has 0 spiro atoms. The van der Waals surface area contributed by atoms with E-state index in [1.165, 1.54) is 22.5 Å². The second-order valence-corrected chi connectivity index (χ2v) is 7.65. The lowest BCUT2D eigenvalue weighted by Gasteiger charge is -2.08. The Balaban J connectivity index is 1.88. The van der Waals surface area contributed by atoms with Gasteiger partial charge in [0.1, 0.15) is 0 Å². The summed E-state index contributed by atoms with van der Waals surface area (Å²) in [5.74, 6) is 6.08. The predicted octanol–water partition coefficient (Wildman–Crippen LogP) is 5.74. The monoisotopic (exact) mass is 424 g/mol. The molecule has 0 bridgehead atoms. The normalized spacial score (nSPS) is 12.1. The van der Waals surface area contributed by atoms with Crippen molar-refractivity contribution >= 4 is 28.1 Å². The molecule has 0 fully saturated rings. The molecule has 2 heterocycles. The zero-order valence-corrected chi connectivity index (χ0v) is 18.5. The second kappa shape index (κ2) is 12.5. The number of amides is 1. The lowest BCUT2D eigenvalue weighted by Crippen LogP contribution is -2.10. The highest BCUT2D eigenvalue weighted by Crippen LogP contribution is 2.30. The number of rotatable bonds is 10. The van der Waals surface area contributed by atoms with E-state index in [-0.39, 0.29) is 11.7 Å². The number of nitrogen functional groups attached to an aromatic ring is 1. The molecule has 0 saturated heterocycles. The van der Waals surface area contributed by atoms with Crippen LogP contribution < -0.4 is 11.1 Å². The number of anilines is 2. The molecule has 0 aliphatic carbocycles. The van der Waals surface area contributed by atoms with Gasteiger partial charge in [0.25, 0.3) is 0 Å². The summed E-state index contributed by atoms with van der Waals surface area (Å²) in [6.07, 6.45) is 12.3. The number of carbonyl (C=O) groups excluding carboxylic acids is 1. The fraction of sp³-hybridized carbons (Fsp3) is 0.348. The highest BCUT2D eigenvalue weighted by atomic mass is 32.1. The summed E-state index contributed by atoms with van der Waals surface area (Å²) in [4.78, 5) is 12.3. The van der Waals surface area contributed by atoms with Crippen LogP contribution in [0.15, 0.2) is 51.5 Å². The summed E-state index contributed by atoms with van der Waals surface area (Å²) in [5, 5.41) is 12.9. The molecule has 7 heteroatoms. The molecule has 0 aromatic carbocycles. The number of aromatic nitrogens is 2. The lowest BCUT2D eigenvalue weighted by atomic mass is 9.99. The topological polar surface area (TPSA) is 94.0 Å². The van der Waals surface area contributed by atoms with E-state index in [4.69, 9.17) is 5.73 Å². The van der Waals surface area contributed by atoms with E-state index in [9.17, 15) is 4.79 Å². The third kappa shape index (κ3) is 7.37. The molecule has 158 valence electrons. The van der Waals surface area contributed by atoms with Crippen LogP contribution in [-0.2, 0) is 4.79 Å². The molecule has 2 aromatic rings. The number of nitrogens with two attached hydrogens (primary N) is 1. The third-order valence-electron chi connectivity index (χ3n) is 4.48. The van der Waals surface area contributed by atoms with E-state index in [1.54, 1.807) is 0 Å². The number of allylic oxidation sites excluding steroid dienone is 6. The van der Waals surface area contributed by atoms with Gasteiger partial charge >= 0.3 is 0 Å². The van der Waals surface area contributed by atoms with Gasteiger partial charge in [0.15, 0.2) is 11.5 Å². The molecular weight excluding hydrogens is 396 g/mol. The Hall–Kier alpha value is -3.11. The van der Waals surface area contributed by atoms with Gasteiger partial charge in [-0.2, -0.15) is 0 Å². The van der Waals surface area contributed by atoms with Crippen molar-refractivity contribution in [1.82, 2.24) is 10.3 Å². The van der Waals surface area contributed by atoms with E-state index < -0.39 is 0 Å². The maximum absolute atomic E-state index is 12.3. The van der Waals surface area contributed by atoms with Crippen molar-refractivity contribution in [1.29, 1.82) is 0 Å². The molecule has 0 unspecified atom stereocenters. The number of hydrogen-bond donors (Lipinski definition) is 2. The van der Waals surface area contributed by atoms with Crippen molar-refractivity contribution in [2.24, 2.45) is 0 Å². The summed E-state index contributed by atoms with van der Waals surface area (Å²) >= 11 is 1.42. The molecule has 0 atom stereocenters. The van der Waals surface area contributed by atoms with Gasteiger partial charge in [0, 0.05) is 17.4 Å². The predicted molar refractivity (Wildman–Crippen MR) is 124 cm³/mol. The van der Waals surface area contributed by atoms with Gasteiger partial charge in [-0.15, -0.1) is 17.3 Å². The van der Waals surface area contributed by atoms with Gasteiger partial charge in [0.2, 0.25) is 5.91 Å². The Labute approximate surface area is 181 Å². The molecule has 1 amide bonds. The van der Waals surface area contributed by atoms with E-state index in [0.717, 1.165) is 36.2 Å². The van der Waals surface area contributed by atoms with E-state index in [1.807, 2.05) is 31.4 Å². The molecule has 0 saturated carbocycles. The largest absolute Gasteiger partial charge is 0.379 e. The average Bonchev–Trinajstić information content (AvgIpc) is 3.35. The molecule has 3 N–H and O–H groups in total. The Morgan fingerprint density at radius 1 is 1.33 bits per heavy atom. The van der Waals surface area contributed by atoms with Gasteiger partial charge < -0.3 is 11.1 Å². The van der Waals surface area contributed by atoms with Crippen LogP contribution >= 0.6 is 11.3 Å². The second-order valence-electron chi connectivity index (χ2n) is 6.74. The highest BCUT2D eigenvalue weighted by molar-refractivity contribution is 7.14. The summed E-state index contributed by atoms with van der Waals surface area (Å²) in [6, 6.07) is 1.82. The van der Waals surface area contributed by atoms with Crippen molar-refractivity contribution in [2.45, 2.75) is 52.9 Å². The minimum atomic E-state index is -0.00897. The smallest absolute Gasteiger partial charge is 0.224 e. The van der Waals surface area contributed by atoms with Gasteiger partial charge in [-0.05, 0) is 74.5 Å². The van der Waals surface area contributed by atoms with Crippen molar-refractivity contribution in [2.75, 3.05) is 11.1 Å². The number of carbonyl (C=O) groups is 1. The Kier molecular flexibility index (Phi) is 9.62. The summed E-state index contributed by atoms with van der Waals surface area (Å²) in [5.41, 5.74) is 9.56. The summed E-state index contributed by atoms with van der Waals surface area (Å²) < 4.78 is 4.62. The van der Waals surface area contributed by atoms with Crippen LogP contribution in [0.1, 0.15) is 52.9 Å². The van der Waals surface area contributed by atoms with Gasteiger partial charge in [-0.1, -0.05) is 29.7 Å². The van der Waals surface area contributed by atoms with Crippen LogP contribution in [0.25, 0.3) is 11.3 Å². The van der Waals surface area contributed by atoms with E-state index >= 15 is 0 Å². The fourth-order valence-corrected chi connectivity index (χ4v) is 3.67. The fourth-order valence-electron chi connectivity index (χ4n) is 2.87. The molecule has 2 rings (SSSR count). The zero-order valence-electron chi connectivity index (χ0n) is 17.7. The lowest BCUT2D eigenvalue weighted by molar-refractivity contribution is -0.116. The van der Waals surface area contributed by atoms with Crippen LogP contribution in [0.2, 0.25) is 0 Å². The van der Waals surface area contributed by atoms with Crippen LogP contribution in [0.3, 0.4) is 0 Å². The maximum Gasteiger partial charge on any atom is 0.224 e. The van der Waals surface area contributed by atoms with Crippen LogP contribution in [-0.4, -0.2) is 16.2 Å². The van der Waals surface area contributed by atoms with E-state index in [0.29, 0.717) is 12.1 Å². The van der Waals surface area contributed by atoms with Crippen molar-refractivity contribution < 1.29 is 9.42 Å². The first-order chi connectivity index (χ1) is 14.5. The number of hydrogen-bond acceptors (Lipinski definition) is 6. The number of nitrogens with one attached hydrogen (secondary N) is 1. The minimum Gasteiger partial charge on any atom is -0.379 e. The Morgan fingerprint density at radius 2 is 2.17 bits per heavy atom. The Morgan fingerprint density at radius 3 is 2.87 bits per heavy atom. The molecule has 0 aliphatic heterocycles. The maximum atomic E-state index is 12.3. The molecule has 0 aliphatic rings.